The van der Waals surface area contributed by atoms with E-state index >= 15 is 0 Å². The Hall–Kier alpha value is -1.69. The lowest BCUT2D eigenvalue weighted by atomic mass is 10.0. The van der Waals surface area contributed by atoms with Crippen LogP contribution in [0.15, 0.2) is 11.6 Å². The number of carbonyl (C=O) groups excluding carboxylic acids is 2. The first-order chi connectivity index (χ1) is 9.74. The summed E-state index contributed by atoms with van der Waals surface area (Å²) in [6.07, 6.45) is 1.53. The molecule has 2 aliphatic rings. The van der Waals surface area contributed by atoms with Gasteiger partial charge in [-0.1, -0.05) is 6.08 Å². The van der Waals surface area contributed by atoms with Gasteiger partial charge in [0.25, 0.3) is 5.91 Å². The molecule has 0 spiro atoms. The molecule has 0 aliphatic carbocycles. The summed E-state index contributed by atoms with van der Waals surface area (Å²) in [4.78, 5) is 30.0. The smallest absolute Gasteiger partial charge is 0.304 e. The molecule has 0 saturated carbocycles. The summed E-state index contributed by atoms with van der Waals surface area (Å²) in [5.74, 6) is -0.550. The van der Waals surface area contributed by atoms with Crippen LogP contribution >= 0.6 is 0 Å². The Morgan fingerprint density at radius 1 is 1.57 bits per heavy atom. The fraction of sp³-hybridized carbons (Fsp3) is 0.600. The van der Waals surface area contributed by atoms with E-state index in [1.165, 1.54) is 6.08 Å². The van der Waals surface area contributed by atoms with Crippen LogP contribution in [0.1, 0.15) is 13.8 Å². The number of nitrogens with one attached hydrogen (secondary N) is 1. The third-order valence-electron chi connectivity index (χ3n) is 3.06. The number of hydrogen-bond acceptors (Lipinski definition) is 6. The van der Waals surface area contributed by atoms with Crippen LogP contribution < -0.4 is 5.48 Å². The number of fused-ring (bicyclic) bond motifs is 2. The van der Waals surface area contributed by atoms with Crippen molar-refractivity contribution >= 4 is 22.3 Å². The van der Waals surface area contributed by atoms with Crippen molar-refractivity contribution in [3.63, 3.8) is 0 Å². The van der Waals surface area contributed by atoms with Crippen molar-refractivity contribution in [3.05, 3.63) is 11.6 Å². The molecular weight excluding hydrogens is 306 g/mol. The van der Waals surface area contributed by atoms with E-state index in [-0.39, 0.29) is 13.2 Å². The Balaban J connectivity index is 2.21. The lowest BCUT2D eigenvalue weighted by Crippen LogP contribution is -2.50. The van der Waals surface area contributed by atoms with Crippen LogP contribution in [0.3, 0.4) is 0 Å². The molecule has 2 heterocycles. The highest BCUT2D eigenvalue weighted by Gasteiger charge is 2.48. The van der Waals surface area contributed by atoms with Gasteiger partial charge in [0.2, 0.25) is 0 Å². The highest BCUT2D eigenvalue weighted by molar-refractivity contribution is 7.80. The summed E-state index contributed by atoms with van der Waals surface area (Å²) in [6.45, 7) is 3.63. The first-order valence-corrected chi connectivity index (χ1v) is 7.48. The molecule has 2 atom stereocenters. The molecular formula is C10H15N3O7S. The summed E-state index contributed by atoms with van der Waals surface area (Å²) in [5.41, 5.74) is 2.74. The highest BCUT2D eigenvalue weighted by atomic mass is 32.3. The van der Waals surface area contributed by atoms with Crippen molar-refractivity contribution in [2.24, 2.45) is 0 Å². The molecule has 0 aromatic carbocycles. The summed E-state index contributed by atoms with van der Waals surface area (Å²) in [6, 6.07) is -2.45. The van der Waals surface area contributed by atoms with Gasteiger partial charge >= 0.3 is 16.4 Å². The monoisotopic (exact) mass is 321 g/mol. The number of nitrogens with zero attached hydrogens (tertiary/aromatic N) is 2. The lowest BCUT2D eigenvalue weighted by molar-refractivity contribution is -0.136. The van der Waals surface area contributed by atoms with E-state index in [9.17, 15) is 18.0 Å². The number of amides is 3. The van der Waals surface area contributed by atoms with Gasteiger partial charge in [0.05, 0.1) is 19.2 Å². The second-order valence-corrected chi connectivity index (χ2v) is 5.55. The van der Waals surface area contributed by atoms with Crippen LogP contribution in [0.4, 0.5) is 4.79 Å². The van der Waals surface area contributed by atoms with E-state index in [0.29, 0.717) is 10.6 Å². The lowest BCUT2D eigenvalue weighted by Gasteiger charge is -2.28. The van der Waals surface area contributed by atoms with Crippen molar-refractivity contribution in [2.45, 2.75) is 25.9 Å². The maximum Gasteiger partial charge on any atom is 0.418 e. The SMILES string of the molecule is CCONC(=O)[C@@H]1C(C)=C[C@@H]2CN1C(=O)N2OS(=O)(=O)O. The molecule has 118 valence electrons. The average molecular weight is 321 g/mol. The van der Waals surface area contributed by atoms with Crippen LogP contribution in [0.5, 0.6) is 0 Å². The van der Waals surface area contributed by atoms with Crippen molar-refractivity contribution in [1.82, 2.24) is 15.4 Å². The van der Waals surface area contributed by atoms with Crippen LogP contribution in [0.25, 0.3) is 0 Å². The van der Waals surface area contributed by atoms with E-state index in [2.05, 4.69) is 9.76 Å². The van der Waals surface area contributed by atoms with Crippen LogP contribution in [0.2, 0.25) is 0 Å². The largest absolute Gasteiger partial charge is 0.418 e. The third kappa shape index (κ3) is 3.15. The summed E-state index contributed by atoms with van der Waals surface area (Å²) in [7, 11) is -4.82. The van der Waals surface area contributed by atoms with Gasteiger partial charge in [-0.15, -0.1) is 4.28 Å². The second-order valence-electron chi connectivity index (χ2n) is 4.54. The number of urea groups is 1. The van der Waals surface area contributed by atoms with Gasteiger partial charge in [-0.2, -0.15) is 13.5 Å². The van der Waals surface area contributed by atoms with E-state index in [1.54, 1.807) is 13.8 Å². The molecule has 2 aliphatic heterocycles. The number of carbonyl (C=O) groups is 2. The van der Waals surface area contributed by atoms with Gasteiger partial charge in [0, 0.05) is 0 Å². The van der Waals surface area contributed by atoms with E-state index in [1.807, 2.05) is 0 Å². The van der Waals surface area contributed by atoms with Crippen LogP contribution in [0, 0.1) is 0 Å². The highest BCUT2D eigenvalue weighted by Crippen LogP contribution is 2.30. The molecule has 10 nitrogen and oxygen atoms in total. The van der Waals surface area contributed by atoms with Crippen molar-refractivity contribution in [2.75, 3.05) is 13.2 Å². The molecule has 0 unspecified atom stereocenters. The number of hydrogen-bond donors (Lipinski definition) is 2. The molecule has 2 rings (SSSR count). The van der Waals surface area contributed by atoms with Gasteiger partial charge in [-0.05, 0) is 19.4 Å². The van der Waals surface area contributed by atoms with Crippen LogP contribution in [-0.2, 0) is 24.3 Å². The van der Waals surface area contributed by atoms with Gasteiger partial charge in [-0.25, -0.2) is 10.3 Å². The van der Waals surface area contributed by atoms with E-state index < -0.39 is 34.4 Å². The molecule has 1 saturated heterocycles. The van der Waals surface area contributed by atoms with Crippen molar-refractivity contribution < 1.29 is 31.7 Å². The molecule has 0 aromatic rings. The van der Waals surface area contributed by atoms with Gasteiger partial charge < -0.3 is 4.90 Å². The minimum Gasteiger partial charge on any atom is -0.304 e. The number of hydroxylamine groups is 3. The quantitative estimate of drug-likeness (QED) is 0.386. The topological polar surface area (TPSA) is 125 Å². The maximum atomic E-state index is 12.1. The predicted octanol–water partition coefficient (Wildman–Crippen LogP) is -0.777. The Morgan fingerprint density at radius 3 is 2.81 bits per heavy atom. The Bertz CT molecular complexity index is 587. The standard InChI is InChI=1S/C10H15N3O7S/c1-3-19-11-9(14)8-6(2)4-7-5-12(8)10(15)13(7)20-21(16,17)18/h4,7-8H,3,5H2,1-2H3,(H,11,14)(H,16,17,18)/t7-,8+/m1/s1. The molecule has 1 fully saturated rings. The van der Waals surface area contributed by atoms with Gasteiger partial charge in [0.1, 0.15) is 6.04 Å². The Kier molecular flexibility index (Phi) is 4.18. The Morgan fingerprint density at radius 2 is 2.24 bits per heavy atom. The zero-order chi connectivity index (χ0) is 15.8. The minimum absolute atomic E-state index is 0.0654. The Labute approximate surface area is 121 Å². The van der Waals surface area contributed by atoms with Crippen molar-refractivity contribution in [1.29, 1.82) is 0 Å². The molecule has 21 heavy (non-hydrogen) atoms. The normalized spacial score (nSPS) is 25.1. The zero-order valence-corrected chi connectivity index (χ0v) is 12.2. The summed E-state index contributed by atoms with van der Waals surface area (Å²) < 4.78 is 34.5. The minimum atomic E-state index is -4.82. The van der Waals surface area contributed by atoms with Gasteiger partial charge in [0.15, 0.2) is 0 Å². The summed E-state index contributed by atoms with van der Waals surface area (Å²) in [5, 5.41) is 0.521. The fourth-order valence-electron chi connectivity index (χ4n) is 2.33. The maximum absolute atomic E-state index is 12.1. The van der Waals surface area contributed by atoms with Crippen molar-refractivity contribution in [3.8, 4) is 0 Å². The molecule has 11 heteroatoms. The van der Waals surface area contributed by atoms with Crippen LogP contribution in [-0.4, -0.2) is 60.1 Å². The average Bonchev–Trinajstić information content (AvgIpc) is 2.60. The zero-order valence-electron chi connectivity index (χ0n) is 11.3. The number of rotatable bonds is 5. The molecule has 0 aromatic heterocycles. The second kappa shape index (κ2) is 5.60. The summed E-state index contributed by atoms with van der Waals surface area (Å²) >= 11 is 0. The van der Waals surface area contributed by atoms with E-state index in [0.717, 1.165) is 4.90 Å². The predicted molar refractivity (Wildman–Crippen MR) is 67.7 cm³/mol. The molecule has 3 amide bonds. The molecule has 2 bridgehead atoms. The fourth-order valence-corrected chi connectivity index (χ4v) is 2.71. The third-order valence-corrected chi connectivity index (χ3v) is 3.41. The molecule has 0 radical (unpaired) electrons. The molecule has 2 N–H and O–H groups in total. The first-order valence-electron chi connectivity index (χ1n) is 6.11. The van der Waals surface area contributed by atoms with Gasteiger partial charge in [-0.3, -0.25) is 14.2 Å². The van der Waals surface area contributed by atoms with E-state index in [4.69, 9.17) is 9.39 Å². The first kappa shape index (κ1) is 15.7.